The van der Waals surface area contributed by atoms with Gasteiger partial charge in [0, 0.05) is 28.4 Å². The number of nitrogens with one attached hydrogen (secondary N) is 1. The van der Waals surface area contributed by atoms with E-state index in [0.29, 0.717) is 17.1 Å². The molecular weight excluding hydrogens is 424 g/mol. The van der Waals surface area contributed by atoms with Crippen LogP contribution in [0.2, 0.25) is 5.02 Å². The summed E-state index contributed by atoms with van der Waals surface area (Å²) in [5, 5.41) is 13.4. The molecule has 1 amide bonds. The van der Waals surface area contributed by atoms with Gasteiger partial charge in [0.15, 0.2) is 0 Å². The predicted molar refractivity (Wildman–Crippen MR) is 116 cm³/mol. The Balaban J connectivity index is 1.61. The minimum atomic E-state index is -0.639. The summed E-state index contributed by atoms with van der Waals surface area (Å²) >= 11 is 7.42. The molecule has 0 aliphatic carbocycles. The lowest BCUT2D eigenvalue weighted by Crippen LogP contribution is -3.14. The molecule has 1 unspecified atom stereocenters. The van der Waals surface area contributed by atoms with Crippen molar-refractivity contribution in [2.75, 3.05) is 39.4 Å². The molecule has 0 bridgehead atoms. The molecule has 2 fully saturated rings. The van der Waals surface area contributed by atoms with Crippen LogP contribution >= 0.6 is 22.9 Å². The van der Waals surface area contributed by atoms with Crippen LogP contribution in [-0.4, -0.2) is 61.1 Å². The molecule has 6 nitrogen and oxygen atoms in total. The number of ketones is 1. The van der Waals surface area contributed by atoms with Gasteiger partial charge in [-0.25, -0.2) is 0 Å². The molecule has 0 spiro atoms. The van der Waals surface area contributed by atoms with E-state index in [1.165, 1.54) is 16.2 Å². The van der Waals surface area contributed by atoms with Gasteiger partial charge in [0.05, 0.1) is 31.4 Å². The second-order valence-corrected chi connectivity index (χ2v) is 8.90. The summed E-state index contributed by atoms with van der Waals surface area (Å²) in [7, 11) is 0. The molecule has 1 aromatic carbocycles. The van der Waals surface area contributed by atoms with Crippen molar-refractivity contribution in [2.45, 2.75) is 12.5 Å². The molecule has 2 N–H and O–H groups in total. The number of nitrogens with zero attached hydrogens (tertiary/aromatic N) is 1. The number of hydrogen-bond acceptors (Lipinski definition) is 5. The smallest absolute Gasteiger partial charge is 0.295 e. The standard InChI is InChI=1S/C22H23ClN2O4S/c23-16-6-4-15(5-7-16)20(26)18-19(17-3-1-14-30-17)25(22(28)21(18)27)9-2-8-24-10-12-29-13-11-24/h1,3-7,14,19,26H,2,8-13H2/p+1. The largest absolute Gasteiger partial charge is 0.507 e. The quantitative estimate of drug-likeness (QED) is 0.404. The molecule has 1 aromatic heterocycles. The molecular formula is C22H24ClN2O4S+. The normalized spacial score (nSPS) is 22.0. The van der Waals surface area contributed by atoms with Crippen LogP contribution in [0.3, 0.4) is 0 Å². The number of benzene rings is 1. The second-order valence-electron chi connectivity index (χ2n) is 7.48. The minimum absolute atomic E-state index is 0.142. The molecule has 2 aliphatic heterocycles. The van der Waals surface area contributed by atoms with E-state index in [1.807, 2.05) is 17.5 Å². The highest BCUT2D eigenvalue weighted by Crippen LogP contribution is 2.41. The van der Waals surface area contributed by atoms with Crippen molar-refractivity contribution in [3.05, 3.63) is 62.8 Å². The zero-order valence-corrected chi connectivity index (χ0v) is 18.0. The summed E-state index contributed by atoms with van der Waals surface area (Å²) in [6, 6.07) is 9.82. The van der Waals surface area contributed by atoms with Gasteiger partial charge < -0.3 is 19.6 Å². The van der Waals surface area contributed by atoms with Crippen molar-refractivity contribution in [1.29, 1.82) is 0 Å². The number of morpholine rings is 1. The third-order valence-corrected chi connectivity index (χ3v) is 6.78. The van der Waals surface area contributed by atoms with Crippen molar-refractivity contribution < 1.29 is 24.3 Å². The molecule has 2 saturated heterocycles. The lowest BCUT2D eigenvalue weighted by atomic mass is 10.00. The Kier molecular flexibility index (Phi) is 6.53. The van der Waals surface area contributed by atoms with Gasteiger partial charge in [-0.15, -0.1) is 11.3 Å². The van der Waals surface area contributed by atoms with Gasteiger partial charge in [-0.3, -0.25) is 9.59 Å². The summed E-state index contributed by atoms with van der Waals surface area (Å²) in [6.07, 6.45) is 0.783. The van der Waals surface area contributed by atoms with Crippen LogP contribution in [0.15, 0.2) is 47.4 Å². The van der Waals surface area contributed by atoms with Crippen molar-refractivity contribution in [3.8, 4) is 0 Å². The number of Topliss-reactive ketones (excluding diaryl/α,β-unsaturated/α-hetero) is 1. The van der Waals surface area contributed by atoms with E-state index in [1.54, 1.807) is 29.2 Å². The topological polar surface area (TPSA) is 71.3 Å². The van der Waals surface area contributed by atoms with E-state index in [4.69, 9.17) is 16.3 Å². The van der Waals surface area contributed by atoms with Crippen LogP contribution in [0.25, 0.3) is 5.76 Å². The molecule has 1 atom stereocenters. The van der Waals surface area contributed by atoms with Crippen LogP contribution in [0.1, 0.15) is 22.9 Å². The molecule has 8 heteroatoms. The summed E-state index contributed by atoms with van der Waals surface area (Å²) in [4.78, 5) is 29.7. The van der Waals surface area contributed by atoms with Gasteiger partial charge in [-0.1, -0.05) is 17.7 Å². The number of ether oxygens (including phenoxy) is 1. The van der Waals surface area contributed by atoms with E-state index < -0.39 is 17.7 Å². The van der Waals surface area contributed by atoms with Gasteiger partial charge >= 0.3 is 0 Å². The molecule has 158 valence electrons. The number of likely N-dealkylation sites (tertiary alicyclic amines) is 1. The number of carbonyl (C=O) groups excluding carboxylic acids is 2. The van der Waals surface area contributed by atoms with Gasteiger partial charge in [0.25, 0.3) is 11.7 Å². The van der Waals surface area contributed by atoms with Crippen molar-refractivity contribution >= 4 is 40.4 Å². The Hall–Kier alpha value is -2.19. The lowest BCUT2D eigenvalue weighted by Gasteiger charge is -2.27. The Morgan fingerprint density at radius 3 is 2.60 bits per heavy atom. The maximum Gasteiger partial charge on any atom is 0.295 e. The SMILES string of the molecule is O=C1C(=O)N(CCC[NH+]2CCOCC2)C(c2cccs2)C1=C(O)c1ccc(Cl)cc1. The van der Waals surface area contributed by atoms with Gasteiger partial charge in [0.2, 0.25) is 0 Å². The predicted octanol–water partition coefficient (Wildman–Crippen LogP) is 2.13. The van der Waals surface area contributed by atoms with Crippen LogP contribution < -0.4 is 4.90 Å². The van der Waals surface area contributed by atoms with Gasteiger partial charge in [0.1, 0.15) is 18.8 Å². The van der Waals surface area contributed by atoms with Gasteiger partial charge in [-0.05, 0) is 35.7 Å². The number of amides is 1. The zero-order chi connectivity index (χ0) is 21.1. The zero-order valence-electron chi connectivity index (χ0n) is 16.5. The van der Waals surface area contributed by atoms with Crippen LogP contribution in [0, 0.1) is 0 Å². The van der Waals surface area contributed by atoms with Crippen LogP contribution in [0.4, 0.5) is 0 Å². The Morgan fingerprint density at radius 1 is 1.20 bits per heavy atom. The average molecular weight is 448 g/mol. The summed E-state index contributed by atoms with van der Waals surface area (Å²) in [5.41, 5.74) is 0.611. The Labute approximate surface area is 184 Å². The number of carbonyl (C=O) groups is 2. The number of quaternary nitrogens is 1. The highest BCUT2D eigenvalue weighted by molar-refractivity contribution is 7.10. The first-order valence-corrected chi connectivity index (χ1v) is 11.3. The van der Waals surface area contributed by atoms with Crippen LogP contribution in [0.5, 0.6) is 0 Å². The van der Waals surface area contributed by atoms with Gasteiger partial charge in [-0.2, -0.15) is 0 Å². The molecule has 2 aliphatic rings. The van der Waals surface area contributed by atoms with Crippen molar-refractivity contribution in [2.24, 2.45) is 0 Å². The van der Waals surface area contributed by atoms with E-state index in [-0.39, 0.29) is 11.3 Å². The fraction of sp³-hybridized carbons (Fsp3) is 0.364. The minimum Gasteiger partial charge on any atom is -0.507 e. The number of halogens is 1. The maximum atomic E-state index is 12.9. The molecule has 3 heterocycles. The fourth-order valence-corrected chi connectivity index (χ4v) is 5.00. The van der Waals surface area contributed by atoms with E-state index >= 15 is 0 Å². The molecule has 0 radical (unpaired) electrons. The highest BCUT2D eigenvalue weighted by atomic mass is 35.5. The first-order chi connectivity index (χ1) is 14.6. The van der Waals surface area contributed by atoms with E-state index in [0.717, 1.165) is 44.1 Å². The molecule has 4 rings (SSSR count). The number of thiophene rings is 1. The summed E-state index contributed by atoms with van der Waals surface area (Å²) in [5.74, 6) is -1.36. The lowest BCUT2D eigenvalue weighted by molar-refractivity contribution is -0.908. The number of aliphatic hydroxyl groups is 1. The maximum absolute atomic E-state index is 12.9. The van der Waals surface area contributed by atoms with Crippen molar-refractivity contribution in [3.63, 3.8) is 0 Å². The average Bonchev–Trinajstić information content (AvgIpc) is 3.37. The summed E-state index contributed by atoms with van der Waals surface area (Å²) in [6.45, 7) is 4.83. The third kappa shape index (κ3) is 4.30. The number of hydrogen-bond donors (Lipinski definition) is 2. The first-order valence-electron chi connectivity index (χ1n) is 10.1. The Morgan fingerprint density at radius 2 is 1.93 bits per heavy atom. The highest BCUT2D eigenvalue weighted by Gasteiger charge is 2.46. The molecule has 0 saturated carbocycles. The number of aliphatic hydroxyl groups excluding tert-OH is 1. The first kappa shape index (κ1) is 21.1. The third-order valence-electron chi connectivity index (χ3n) is 5.60. The van der Waals surface area contributed by atoms with Crippen LogP contribution in [-0.2, 0) is 14.3 Å². The molecule has 2 aromatic rings. The van der Waals surface area contributed by atoms with E-state index in [9.17, 15) is 14.7 Å². The molecule has 30 heavy (non-hydrogen) atoms. The second kappa shape index (κ2) is 9.31. The Bertz CT molecular complexity index is 937. The fourth-order valence-electron chi connectivity index (χ4n) is 4.03. The van der Waals surface area contributed by atoms with E-state index in [2.05, 4.69) is 0 Å². The monoisotopic (exact) mass is 447 g/mol. The van der Waals surface area contributed by atoms with Crippen molar-refractivity contribution in [1.82, 2.24) is 4.90 Å². The number of rotatable bonds is 6. The summed E-state index contributed by atoms with van der Waals surface area (Å²) < 4.78 is 5.40.